The average Bonchev–Trinajstić information content (AvgIpc) is 2.28. The van der Waals surface area contributed by atoms with E-state index in [4.69, 9.17) is 5.73 Å². The maximum absolute atomic E-state index is 5.81. The third-order valence-corrected chi connectivity index (χ3v) is 3.11. The van der Waals surface area contributed by atoms with E-state index in [1.54, 1.807) is 0 Å². The molecule has 0 aromatic heterocycles. The van der Waals surface area contributed by atoms with Crippen LogP contribution in [0.3, 0.4) is 0 Å². The number of aryl methyl sites for hydroxylation is 1. The first kappa shape index (κ1) is 13.1. The third-order valence-electron chi connectivity index (χ3n) is 3.11. The van der Waals surface area contributed by atoms with Gasteiger partial charge in [-0.05, 0) is 43.3 Å². The molecule has 0 saturated heterocycles. The smallest absolute Gasteiger partial charge is 0.0231 e. The lowest BCUT2D eigenvalue weighted by Crippen LogP contribution is -2.32. The number of fused-ring (bicyclic) bond motifs is 1. The van der Waals surface area contributed by atoms with E-state index >= 15 is 0 Å². The Hall–Kier alpha value is -1.38. The second-order valence-electron chi connectivity index (χ2n) is 5.36. The molecule has 2 aromatic rings. The highest BCUT2D eigenvalue weighted by atomic mass is 15.1. The largest absolute Gasteiger partial charge is 0.327 e. The second-order valence-corrected chi connectivity index (χ2v) is 5.36. The molecule has 0 amide bonds. The summed E-state index contributed by atoms with van der Waals surface area (Å²) < 4.78 is 0. The lowest BCUT2D eigenvalue weighted by molar-refractivity contribution is 0.310. The SMILES string of the molecule is Cc1ccc2cc(CN(C)CC(C)N)ccc2c1. The summed E-state index contributed by atoms with van der Waals surface area (Å²) in [5, 5.41) is 2.63. The molecule has 2 nitrogen and oxygen atoms in total. The van der Waals surface area contributed by atoms with Gasteiger partial charge in [0.1, 0.15) is 0 Å². The summed E-state index contributed by atoms with van der Waals surface area (Å²) in [4.78, 5) is 2.26. The monoisotopic (exact) mass is 242 g/mol. The highest BCUT2D eigenvalue weighted by molar-refractivity contribution is 5.83. The number of nitrogens with zero attached hydrogens (tertiary/aromatic N) is 1. The Morgan fingerprint density at radius 3 is 2.50 bits per heavy atom. The number of likely N-dealkylation sites (N-methyl/N-ethyl adjacent to an activating group) is 1. The number of benzene rings is 2. The molecule has 2 rings (SSSR count). The van der Waals surface area contributed by atoms with Gasteiger partial charge in [0, 0.05) is 19.1 Å². The van der Waals surface area contributed by atoms with Crippen LogP contribution in [0.15, 0.2) is 36.4 Å². The highest BCUT2D eigenvalue weighted by Gasteiger charge is 2.04. The van der Waals surface area contributed by atoms with Gasteiger partial charge in [-0.2, -0.15) is 0 Å². The molecule has 2 aromatic carbocycles. The lowest BCUT2D eigenvalue weighted by atomic mass is 10.0. The highest BCUT2D eigenvalue weighted by Crippen LogP contribution is 2.18. The van der Waals surface area contributed by atoms with Gasteiger partial charge in [0.15, 0.2) is 0 Å². The van der Waals surface area contributed by atoms with Crippen LogP contribution in [0, 0.1) is 6.92 Å². The van der Waals surface area contributed by atoms with Crippen molar-refractivity contribution in [2.75, 3.05) is 13.6 Å². The van der Waals surface area contributed by atoms with Crippen molar-refractivity contribution < 1.29 is 0 Å². The van der Waals surface area contributed by atoms with Gasteiger partial charge in [-0.1, -0.05) is 35.9 Å². The second kappa shape index (κ2) is 5.51. The van der Waals surface area contributed by atoms with Crippen molar-refractivity contribution in [3.05, 3.63) is 47.5 Å². The zero-order valence-corrected chi connectivity index (χ0v) is 11.5. The van der Waals surface area contributed by atoms with E-state index < -0.39 is 0 Å². The first-order valence-electron chi connectivity index (χ1n) is 6.48. The predicted molar refractivity (Wildman–Crippen MR) is 78.7 cm³/mol. The van der Waals surface area contributed by atoms with Crippen molar-refractivity contribution in [2.24, 2.45) is 5.73 Å². The molecule has 0 aliphatic rings. The van der Waals surface area contributed by atoms with Crippen LogP contribution in [-0.4, -0.2) is 24.5 Å². The summed E-state index contributed by atoms with van der Waals surface area (Å²) in [5.41, 5.74) is 8.46. The summed E-state index contributed by atoms with van der Waals surface area (Å²) in [6.45, 7) is 6.04. The molecule has 0 fully saturated rings. The van der Waals surface area contributed by atoms with Gasteiger partial charge in [-0.15, -0.1) is 0 Å². The van der Waals surface area contributed by atoms with Crippen LogP contribution < -0.4 is 5.73 Å². The number of rotatable bonds is 4. The quantitative estimate of drug-likeness (QED) is 0.893. The minimum absolute atomic E-state index is 0.220. The van der Waals surface area contributed by atoms with Gasteiger partial charge in [0.05, 0.1) is 0 Å². The molecule has 0 aliphatic carbocycles. The molecule has 0 radical (unpaired) electrons. The van der Waals surface area contributed by atoms with E-state index in [9.17, 15) is 0 Å². The van der Waals surface area contributed by atoms with E-state index in [1.807, 2.05) is 6.92 Å². The fourth-order valence-corrected chi connectivity index (χ4v) is 2.38. The van der Waals surface area contributed by atoms with E-state index in [-0.39, 0.29) is 6.04 Å². The molecule has 1 atom stereocenters. The Balaban J connectivity index is 2.17. The molecule has 1 unspecified atom stereocenters. The minimum atomic E-state index is 0.220. The molecule has 2 heteroatoms. The molecule has 96 valence electrons. The van der Waals surface area contributed by atoms with Crippen molar-refractivity contribution in [1.29, 1.82) is 0 Å². The van der Waals surface area contributed by atoms with Crippen molar-refractivity contribution in [3.8, 4) is 0 Å². The predicted octanol–water partition coefficient (Wildman–Crippen LogP) is 2.93. The van der Waals surface area contributed by atoms with Gasteiger partial charge in [0.2, 0.25) is 0 Å². The third kappa shape index (κ3) is 3.31. The van der Waals surface area contributed by atoms with E-state index in [2.05, 4.69) is 55.3 Å². The molecule has 0 bridgehead atoms. The van der Waals surface area contributed by atoms with Gasteiger partial charge in [0.25, 0.3) is 0 Å². The first-order valence-corrected chi connectivity index (χ1v) is 6.48. The van der Waals surface area contributed by atoms with Crippen LogP contribution in [-0.2, 0) is 6.54 Å². The Labute approximate surface area is 109 Å². The van der Waals surface area contributed by atoms with Gasteiger partial charge in [-0.25, -0.2) is 0 Å². The fourth-order valence-electron chi connectivity index (χ4n) is 2.38. The molecule has 0 spiro atoms. The van der Waals surface area contributed by atoms with Crippen molar-refractivity contribution in [3.63, 3.8) is 0 Å². The number of hydrogen-bond donors (Lipinski definition) is 1. The molecular formula is C16H22N2. The van der Waals surface area contributed by atoms with E-state index in [0.717, 1.165) is 13.1 Å². The molecule has 18 heavy (non-hydrogen) atoms. The van der Waals surface area contributed by atoms with Crippen LogP contribution >= 0.6 is 0 Å². The summed E-state index contributed by atoms with van der Waals surface area (Å²) in [7, 11) is 2.11. The van der Waals surface area contributed by atoms with E-state index in [0.29, 0.717) is 0 Å². The summed E-state index contributed by atoms with van der Waals surface area (Å²) in [6, 6.07) is 13.5. The first-order chi connectivity index (χ1) is 8.54. The zero-order chi connectivity index (χ0) is 13.1. The van der Waals surface area contributed by atoms with Crippen LogP contribution in [0.4, 0.5) is 0 Å². The van der Waals surface area contributed by atoms with Crippen LogP contribution in [0.25, 0.3) is 10.8 Å². The Bertz CT molecular complexity index is 532. The molecular weight excluding hydrogens is 220 g/mol. The van der Waals surface area contributed by atoms with Gasteiger partial charge in [-0.3, -0.25) is 0 Å². The van der Waals surface area contributed by atoms with Crippen molar-refractivity contribution in [1.82, 2.24) is 4.90 Å². The van der Waals surface area contributed by atoms with Crippen molar-refractivity contribution in [2.45, 2.75) is 26.4 Å². The zero-order valence-electron chi connectivity index (χ0n) is 11.5. The topological polar surface area (TPSA) is 29.3 Å². The van der Waals surface area contributed by atoms with Crippen LogP contribution in [0.1, 0.15) is 18.1 Å². The molecule has 0 heterocycles. The van der Waals surface area contributed by atoms with Crippen LogP contribution in [0.5, 0.6) is 0 Å². The van der Waals surface area contributed by atoms with Gasteiger partial charge >= 0.3 is 0 Å². The lowest BCUT2D eigenvalue weighted by Gasteiger charge is -2.19. The van der Waals surface area contributed by atoms with E-state index in [1.165, 1.54) is 21.9 Å². The maximum atomic E-state index is 5.81. The Morgan fingerprint density at radius 2 is 1.78 bits per heavy atom. The summed E-state index contributed by atoms with van der Waals surface area (Å²) in [5.74, 6) is 0. The number of hydrogen-bond acceptors (Lipinski definition) is 2. The maximum Gasteiger partial charge on any atom is 0.0231 e. The Kier molecular flexibility index (Phi) is 4.00. The summed E-state index contributed by atoms with van der Waals surface area (Å²) >= 11 is 0. The summed E-state index contributed by atoms with van der Waals surface area (Å²) in [6.07, 6.45) is 0. The average molecular weight is 242 g/mol. The van der Waals surface area contributed by atoms with Crippen molar-refractivity contribution >= 4 is 10.8 Å². The standard InChI is InChI=1S/C16H22N2/c1-12-4-6-16-9-14(5-7-15(16)8-12)11-18(3)10-13(2)17/h4-9,13H,10-11,17H2,1-3H3. The van der Waals surface area contributed by atoms with Gasteiger partial charge < -0.3 is 10.6 Å². The molecule has 2 N–H and O–H groups in total. The fraction of sp³-hybridized carbons (Fsp3) is 0.375. The molecule has 0 aliphatic heterocycles. The van der Waals surface area contributed by atoms with Crippen LogP contribution in [0.2, 0.25) is 0 Å². The number of nitrogens with two attached hydrogens (primary N) is 1. The Morgan fingerprint density at radius 1 is 1.11 bits per heavy atom. The minimum Gasteiger partial charge on any atom is -0.327 e. The normalized spacial score (nSPS) is 13.2. The molecule has 0 saturated carbocycles.